The van der Waals surface area contributed by atoms with Crippen LogP contribution >= 0.6 is 0 Å². The van der Waals surface area contributed by atoms with Gasteiger partial charge in [-0.3, -0.25) is 14.6 Å². The number of nitrogens with zero attached hydrogens (tertiary/aromatic N) is 3. The fourth-order valence-electron chi connectivity index (χ4n) is 3.51. The summed E-state index contributed by atoms with van der Waals surface area (Å²) in [6, 6.07) is 11.1. The van der Waals surface area contributed by atoms with Crippen LogP contribution in [0.15, 0.2) is 47.4 Å². The summed E-state index contributed by atoms with van der Waals surface area (Å²) in [7, 11) is 1.62. The summed E-state index contributed by atoms with van der Waals surface area (Å²) in [6.07, 6.45) is 1.74. The third-order valence-electron chi connectivity index (χ3n) is 5.19. The molecule has 3 heterocycles. The first kappa shape index (κ1) is 19.1. The van der Waals surface area contributed by atoms with Crippen molar-refractivity contribution in [3.63, 3.8) is 0 Å². The number of pyridine rings is 2. The number of carbonyl (C=O) groups is 1. The lowest BCUT2D eigenvalue weighted by atomic mass is 10.1. The summed E-state index contributed by atoms with van der Waals surface area (Å²) in [5.41, 5.74) is 2.51. The number of aromatic nitrogens is 2. The van der Waals surface area contributed by atoms with Crippen LogP contribution in [0.25, 0.3) is 10.9 Å². The highest BCUT2D eigenvalue weighted by molar-refractivity contribution is 5.98. The van der Waals surface area contributed by atoms with Crippen molar-refractivity contribution >= 4 is 16.8 Å². The molecule has 0 atom stereocenters. The molecule has 0 bridgehead atoms. The molecule has 1 aliphatic rings. The van der Waals surface area contributed by atoms with Gasteiger partial charge in [-0.05, 0) is 36.8 Å². The maximum Gasteiger partial charge on any atom is 0.260 e. The van der Waals surface area contributed by atoms with Crippen LogP contribution in [-0.4, -0.2) is 53.8 Å². The maximum absolute atomic E-state index is 13.1. The molecule has 1 aromatic carbocycles. The van der Waals surface area contributed by atoms with Crippen molar-refractivity contribution in [2.75, 3.05) is 33.4 Å². The van der Waals surface area contributed by atoms with Gasteiger partial charge in [-0.1, -0.05) is 12.1 Å². The van der Waals surface area contributed by atoms with Crippen LogP contribution in [0.3, 0.4) is 0 Å². The van der Waals surface area contributed by atoms with Gasteiger partial charge in [0.15, 0.2) is 0 Å². The van der Waals surface area contributed by atoms with Crippen LogP contribution in [0.2, 0.25) is 0 Å². The summed E-state index contributed by atoms with van der Waals surface area (Å²) >= 11 is 0. The van der Waals surface area contributed by atoms with Crippen molar-refractivity contribution in [1.82, 2.24) is 14.5 Å². The van der Waals surface area contributed by atoms with Crippen LogP contribution in [-0.2, 0) is 11.3 Å². The zero-order valence-corrected chi connectivity index (χ0v) is 16.6. The first-order valence-corrected chi connectivity index (χ1v) is 9.57. The zero-order valence-electron chi connectivity index (χ0n) is 16.6. The van der Waals surface area contributed by atoms with Gasteiger partial charge < -0.3 is 18.9 Å². The van der Waals surface area contributed by atoms with E-state index in [-0.39, 0.29) is 11.5 Å². The summed E-state index contributed by atoms with van der Waals surface area (Å²) < 4.78 is 12.1. The van der Waals surface area contributed by atoms with Gasteiger partial charge in [0.2, 0.25) is 0 Å². The summed E-state index contributed by atoms with van der Waals surface area (Å²) in [5.74, 6) is 0.663. The minimum atomic E-state index is -0.165. The first-order valence-electron chi connectivity index (χ1n) is 9.57. The molecule has 7 nitrogen and oxygen atoms in total. The SMILES string of the molecule is COc1ccc(Cn2ccc3nc(C)c(C(=O)N4CCOCC4)cc3c2=O)cc1. The maximum atomic E-state index is 13.1. The van der Waals surface area contributed by atoms with Crippen molar-refractivity contribution in [3.05, 3.63) is 69.8 Å². The second kappa shape index (κ2) is 8.05. The number of benzene rings is 1. The first-order chi connectivity index (χ1) is 14.1. The molecule has 1 aliphatic heterocycles. The number of methoxy groups -OCH3 is 1. The highest BCUT2D eigenvalue weighted by atomic mass is 16.5. The molecule has 0 unspecified atom stereocenters. The van der Waals surface area contributed by atoms with E-state index in [9.17, 15) is 9.59 Å². The number of fused-ring (bicyclic) bond motifs is 1. The monoisotopic (exact) mass is 393 g/mol. The molecule has 1 amide bonds. The Morgan fingerprint density at radius 3 is 2.59 bits per heavy atom. The van der Waals surface area contributed by atoms with E-state index in [4.69, 9.17) is 9.47 Å². The number of amides is 1. The Morgan fingerprint density at radius 2 is 1.90 bits per heavy atom. The molecule has 0 N–H and O–H groups in total. The van der Waals surface area contributed by atoms with Crippen molar-refractivity contribution < 1.29 is 14.3 Å². The second-order valence-corrected chi connectivity index (χ2v) is 7.06. The molecule has 0 spiro atoms. The molecule has 150 valence electrons. The Hall–Kier alpha value is -3.19. The number of aryl methyl sites for hydroxylation is 1. The molecule has 1 fully saturated rings. The number of morpholine rings is 1. The van der Waals surface area contributed by atoms with Crippen molar-refractivity contribution in [1.29, 1.82) is 0 Å². The highest BCUT2D eigenvalue weighted by Crippen LogP contribution is 2.17. The van der Waals surface area contributed by atoms with Crippen molar-refractivity contribution in [2.24, 2.45) is 0 Å². The van der Waals surface area contributed by atoms with Crippen molar-refractivity contribution in [2.45, 2.75) is 13.5 Å². The minimum Gasteiger partial charge on any atom is -0.497 e. The molecule has 0 aliphatic carbocycles. The Kier molecular flexibility index (Phi) is 5.31. The van der Waals surface area contributed by atoms with E-state index in [0.717, 1.165) is 11.3 Å². The third kappa shape index (κ3) is 3.86. The van der Waals surface area contributed by atoms with E-state index in [1.54, 1.807) is 35.8 Å². The molecule has 4 rings (SSSR count). The van der Waals surface area contributed by atoms with Gasteiger partial charge in [0.1, 0.15) is 5.75 Å². The van der Waals surface area contributed by atoms with Crippen LogP contribution < -0.4 is 10.3 Å². The molecule has 7 heteroatoms. The molecular formula is C22H23N3O4. The number of rotatable bonds is 4. The quantitative estimate of drug-likeness (QED) is 0.680. The molecular weight excluding hydrogens is 370 g/mol. The Bertz CT molecular complexity index is 1100. The van der Waals surface area contributed by atoms with E-state index in [0.29, 0.717) is 55.0 Å². The van der Waals surface area contributed by atoms with Gasteiger partial charge >= 0.3 is 0 Å². The lowest BCUT2D eigenvalue weighted by Crippen LogP contribution is -2.41. The average molecular weight is 393 g/mol. The molecule has 2 aromatic heterocycles. The minimum absolute atomic E-state index is 0.106. The summed E-state index contributed by atoms with van der Waals surface area (Å²) in [5, 5.41) is 0.447. The van der Waals surface area contributed by atoms with Gasteiger partial charge in [0.25, 0.3) is 11.5 Å². The van der Waals surface area contributed by atoms with E-state index >= 15 is 0 Å². The molecule has 0 radical (unpaired) electrons. The van der Waals surface area contributed by atoms with E-state index in [1.807, 2.05) is 30.3 Å². The molecule has 0 saturated carbocycles. The summed E-state index contributed by atoms with van der Waals surface area (Å²) in [4.78, 5) is 32.3. The largest absolute Gasteiger partial charge is 0.497 e. The van der Waals surface area contributed by atoms with E-state index in [2.05, 4.69) is 4.98 Å². The number of ether oxygens (including phenoxy) is 2. The lowest BCUT2D eigenvalue weighted by molar-refractivity contribution is 0.0302. The Labute approximate surface area is 168 Å². The third-order valence-corrected chi connectivity index (χ3v) is 5.19. The van der Waals surface area contributed by atoms with Crippen LogP contribution in [0.1, 0.15) is 21.6 Å². The lowest BCUT2D eigenvalue weighted by Gasteiger charge is -2.27. The Balaban J connectivity index is 1.69. The molecule has 3 aromatic rings. The summed E-state index contributed by atoms with van der Waals surface area (Å²) in [6.45, 7) is 4.38. The number of carbonyl (C=O) groups excluding carboxylic acids is 1. The molecule has 29 heavy (non-hydrogen) atoms. The fraction of sp³-hybridized carbons (Fsp3) is 0.318. The highest BCUT2D eigenvalue weighted by Gasteiger charge is 2.21. The normalized spacial score (nSPS) is 14.2. The van der Waals surface area contributed by atoms with Gasteiger partial charge in [-0.2, -0.15) is 0 Å². The molecule has 1 saturated heterocycles. The van der Waals surface area contributed by atoms with Gasteiger partial charge in [-0.15, -0.1) is 0 Å². The van der Waals surface area contributed by atoms with Gasteiger partial charge in [0, 0.05) is 19.3 Å². The Morgan fingerprint density at radius 1 is 1.17 bits per heavy atom. The van der Waals surface area contributed by atoms with E-state index in [1.165, 1.54) is 0 Å². The van der Waals surface area contributed by atoms with Crippen molar-refractivity contribution in [3.8, 4) is 5.75 Å². The van der Waals surface area contributed by atoms with Crippen LogP contribution in [0.4, 0.5) is 0 Å². The predicted octanol–water partition coefficient (Wildman–Crippen LogP) is 2.23. The number of hydrogen-bond donors (Lipinski definition) is 0. The second-order valence-electron chi connectivity index (χ2n) is 7.06. The van der Waals surface area contributed by atoms with Gasteiger partial charge in [0.05, 0.1) is 49.0 Å². The smallest absolute Gasteiger partial charge is 0.260 e. The predicted molar refractivity (Wildman–Crippen MR) is 110 cm³/mol. The van der Waals surface area contributed by atoms with Gasteiger partial charge in [-0.25, -0.2) is 0 Å². The average Bonchev–Trinajstić information content (AvgIpc) is 2.76. The number of hydrogen-bond acceptors (Lipinski definition) is 5. The zero-order chi connectivity index (χ0) is 20.4. The standard InChI is InChI=1S/C22H23N3O4/c1-15-18(21(26)24-9-11-29-12-10-24)13-19-20(23-15)7-8-25(22(19)27)14-16-3-5-17(28-2)6-4-16/h3-8,13H,9-12,14H2,1-2H3. The van der Waals surface area contributed by atoms with Crippen LogP contribution in [0.5, 0.6) is 5.75 Å². The fourth-order valence-corrected chi connectivity index (χ4v) is 3.51. The van der Waals surface area contributed by atoms with Crippen LogP contribution in [0, 0.1) is 6.92 Å². The topological polar surface area (TPSA) is 73.7 Å². The van der Waals surface area contributed by atoms with E-state index < -0.39 is 0 Å².